The summed E-state index contributed by atoms with van der Waals surface area (Å²) in [4.78, 5) is 0. The van der Waals surface area contributed by atoms with Gasteiger partial charge in [0.05, 0.1) is 6.07 Å². The molecule has 0 saturated carbocycles. The number of nitrogens with zero attached hydrogens (tertiary/aromatic N) is 1. The van der Waals surface area contributed by atoms with Gasteiger partial charge in [0.15, 0.2) is 6.10 Å². The largest absolute Gasteiger partial charge is 0.374 e. The molecule has 0 bridgehead atoms. The van der Waals surface area contributed by atoms with Gasteiger partial charge in [-0.05, 0) is 31.3 Å². The lowest BCUT2D eigenvalue weighted by Crippen LogP contribution is -2.09. The second-order valence-electron chi connectivity index (χ2n) is 2.56. The molecular weight excluding hydrogens is 126 g/mol. The molecule has 2 heteroatoms. The second-order valence-corrected chi connectivity index (χ2v) is 2.56. The summed E-state index contributed by atoms with van der Waals surface area (Å²) >= 11 is 0. The SMILES string of the molecule is N#CC(O)C1=CCCCC1. The molecule has 0 aromatic rings. The van der Waals surface area contributed by atoms with Gasteiger partial charge in [-0.15, -0.1) is 0 Å². The van der Waals surface area contributed by atoms with Crippen LogP contribution in [0.2, 0.25) is 0 Å². The van der Waals surface area contributed by atoms with Crippen molar-refractivity contribution in [2.24, 2.45) is 0 Å². The van der Waals surface area contributed by atoms with Crippen molar-refractivity contribution in [2.45, 2.75) is 31.8 Å². The Kier molecular flexibility index (Phi) is 2.47. The summed E-state index contributed by atoms with van der Waals surface area (Å²) in [5.41, 5.74) is 0.911. The van der Waals surface area contributed by atoms with E-state index < -0.39 is 6.10 Å². The lowest BCUT2D eigenvalue weighted by Gasteiger charge is -2.12. The Hall–Kier alpha value is -0.810. The van der Waals surface area contributed by atoms with Crippen LogP contribution in [-0.2, 0) is 0 Å². The van der Waals surface area contributed by atoms with Gasteiger partial charge in [0.2, 0.25) is 0 Å². The third kappa shape index (κ3) is 1.58. The van der Waals surface area contributed by atoms with Crippen molar-refractivity contribution in [3.8, 4) is 6.07 Å². The highest BCUT2D eigenvalue weighted by molar-refractivity contribution is 5.17. The van der Waals surface area contributed by atoms with Crippen molar-refractivity contribution < 1.29 is 5.11 Å². The van der Waals surface area contributed by atoms with Crippen molar-refractivity contribution in [3.63, 3.8) is 0 Å². The van der Waals surface area contributed by atoms with Crippen LogP contribution in [0.25, 0.3) is 0 Å². The summed E-state index contributed by atoms with van der Waals surface area (Å²) in [6, 6.07) is 1.82. The molecule has 2 nitrogen and oxygen atoms in total. The summed E-state index contributed by atoms with van der Waals surface area (Å²) in [5, 5.41) is 17.4. The molecule has 1 aliphatic carbocycles. The van der Waals surface area contributed by atoms with Crippen LogP contribution in [0.1, 0.15) is 25.7 Å². The molecule has 10 heavy (non-hydrogen) atoms. The van der Waals surface area contributed by atoms with E-state index in [1.807, 2.05) is 12.1 Å². The van der Waals surface area contributed by atoms with Crippen LogP contribution in [0.15, 0.2) is 11.6 Å². The van der Waals surface area contributed by atoms with E-state index in [0.717, 1.165) is 24.8 Å². The van der Waals surface area contributed by atoms with Crippen LogP contribution in [0.5, 0.6) is 0 Å². The monoisotopic (exact) mass is 137 g/mol. The van der Waals surface area contributed by atoms with Gasteiger partial charge in [0.1, 0.15) is 0 Å². The Morgan fingerprint density at radius 2 is 2.40 bits per heavy atom. The first-order valence-corrected chi connectivity index (χ1v) is 3.61. The molecule has 1 N–H and O–H groups in total. The first-order chi connectivity index (χ1) is 4.84. The van der Waals surface area contributed by atoms with Crippen molar-refractivity contribution in [2.75, 3.05) is 0 Å². The van der Waals surface area contributed by atoms with Gasteiger partial charge < -0.3 is 5.11 Å². The van der Waals surface area contributed by atoms with E-state index >= 15 is 0 Å². The van der Waals surface area contributed by atoms with E-state index in [1.165, 1.54) is 6.42 Å². The van der Waals surface area contributed by atoms with Crippen LogP contribution < -0.4 is 0 Å². The molecule has 1 atom stereocenters. The van der Waals surface area contributed by atoms with E-state index in [0.29, 0.717) is 0 Å². The van der Waals surface area contributed by atoms with Crippen molar-refractivity contribution in [1.29, 1.82) is 5.26 Å². The van der Waals surface area contributed by atoms with E-state index in [2.05, 4.69) is 0 Å². The van der Waals surface area contributed by atoms with Gasteiger partial charge in [-0.25, -0.2) is 0 Å². The number of rotatable bonds is 1. The molecule has 0 aromatic heterocycles. The van der Waals surface area contributed by atoms with Gasteiger partial charge in [0.25, 0.3) is 0 Å². The van der Waals surface area contributed by atoms with Gasteiger partial charge >= 0.3 is 0 Å². The van der Waals surface area contributed by atoms with Gasteiger partial charge in [-0.1, -0.05) is 6.08 Å². The minimum absolute atomic E-state index is 0.847. The van der Waals surface area contributed by atoms with Crippen LogP contribution in [-0.4, -0.2) is 11.2 Å². The van der Waals surface area contributed by atoms with Crippen LogP contribution >= 0.6 is 0 Å². The standard InChI is InChI=1S/C8H11NO/c9-6-8(10)7-4-2-1-3-5-7/h4,8,10H,1-3,5H2. The quantitative estimate of drug-likeness (QED) is 0.438. The minimum atomic E-state index is -0.847. The molecule has 1 unspecified atom stereocenters. The Balaban J connectivity index is 2.55. The average Bonchev–Trinajstić information content (AvgIpc) is 2.05. The lowest BCUT2D eigenvalue weighted by atomic mass is 9.96. The first-order valence-electron chi connectivity index (χ1n) is 3.61. The maximum atomic E-state index is 9.05. The summed E-state index contributed by atoms with van der Waals surface area (Å²) < 4.78 is 0. The predicted molar refractivity (Wildman–Crippen MR) is 38.2 cm³/mol. The molecule has 1 rings (SSSR count). The zero-order valence-electron chi connectivity index (χ0n) is 5.88. The molecule has 0 amide bonds. The van der Waals surface area contributed by atoms with E-state index in [9.17, 15) is 0 Å². The van der Waals surface area contributed by atoms with Crippen LogP contribution in [0, 0.1) is 11.3 Å². The number of allylic oxidation sites excluding steroid dienone is 1. The topological polar surface area (TPSA) is 44.0 Å². The Morgan fingerprint density at radius 1 is 1.60 bits per heavy atom. The number of nitriles is 1. The molecule has 0 fully saturated rings. The second kappa shape index (κ2) is 3.38. The van der Waals surface area contributed by atoms with E-state index in [1.54, 1.807) is 0 Å². The molecule has 0 radical (unpaired) electrons. The highest BCUT2D eigenvalue weighted by Crippen LogP contribution is 2.19. The molecule has 54 valence electrons. The average molecular weight is 137 g/mol. The van der Waals surface area contributed by atoms with Gasteiger partial charge in [-0.2, -0.15) is 5.26 Å². The zero-order chi connectivity index (χ0) is 7.40. The summed E-state index contributed by atoms with van der Waals surface area (Å²) in [6.45, 7) is 0. The van der Waals surface area contributed by atoms with Crippen molar-refractivity contribution in [3.05, 3.63) is 11.6 Å². The Bertz CT molecular complexity index is 178. The molecular formula is C8H11NO. The molecule has 1 aliphatic rings. The zero-order valence-corrected chi connectivity index (χ0v) is 5.88. The number of hydrogen-bond donors (Lipinski definition) is 1. The first kappa shape index (κ1) is 7.30. The molecule has 0 saturated heterocycles. The highest BCUT2D eigenvalue weighted by atomic mass is 16.3. The summed E-state index contributed by atoms with van der Waals surface area (Å²) in [5.74, 6) is 0. The van der Waals surface area contributed by atoms with E-state index in [4.69, 9.17) is 10.4 Å². The number of aliphatic hydroxyl groups is 1. The molecule has 0 aliphatic heterocycles. The maximum Gasteiger partial charge on any atom is 0.161 e. The third-order valence-electron chi connectivity index (χ3n) is 1.80. The highest BCUT2D eigenvalue weighted by Gasteiger charge is 2.11. The van der Waals surface area contributed by atoms with Crippen molar-refractivity contribution in [1.82, 2.24) is 0 Å². The number of hydrogen-bond acceptors (Lipinski definition) is 2. The normalized spacial score (nSPS) is 21.0. The summed E-state index contributed by atoms with van der Waals surface area (Å²) in [6.07, 6.45) is 5.37. The van der Waals surface area contributed by atoms with Gasteiger partial charge in [-0.3, -0.25) is 0 Å². The molecule has 0 heterocycles. The minimum Gasteiger partial charge on any atom is -0.374 e. The fourth-order valence-electron chi connectivity index (χ4n) is 1.19. The van der Waals surface area contributed by atoms with Crippen LogP contribution in [0.3, 0.4) is 0 Å². The predicted octanol–water partition coefficient (Wildman–Crippen LogP) is 1.37. The Morgan fingerprint density at radius 3 is 2.90 bits per heavy atom. The van der Waals surface area contributed by atoms with Crippen LogP contribution in [0.4, 0.5) is 0 Å². The third-order valence-corrected chi connectivity index (χ3v) is 1.80. The smallest absolute Gasteiger partial charge is 0.161 e. The summed E-state index contributed by atoms with van der Waals surface area (Å²) in [7, 11) is 0. The van der Waals surface area contributed by atoms with Gasteiger partial charge in [0, 0.05) is 0 Å². The maximum absolute atomic E-state index is 9.05. The van der Waals surface area contributed by atoms with Crippen molar-refractivity contribution >= 4 is 0 Å². The fraction of sp³-hybridized carbons (Fsp3) is 0.625. The molecule has 0 aromatic carbocycles. The van der Waals surface area contributed by atoms with E-state index in [-0.39, 0.29) is 0 Å². The Labute approximate surface area is 60.8 Å². The lowest BCUT2D eigenvalue weighted by molar-refractivity contribution is 0.258. The fourth-order valence-corrected chi connectivity index (χ4v) is 1.19. The molecule has 0 spiro atoms. The number of aliphatic hydroxyl groups excluding tert-OH is 1.